The molecule has 1 aliphatic heterocycles. The number of likely N-dealkylation sites (tertiary alicyclic amines) is 1. The molecule has 28 heavy (non-hydrogen) atoms. The molecule has 0 atom stereocenters. The Bertz CT molecular complexity index is 711. The monoisotopic (exact) mass is 497 g/mol. The number of aromatic nitrogens is 2. The number of benzene rings is 1. The summed E-state index contributed by atoms with van der Waals surface area (Å²) < 4.78 is 7.72. The molecule has 2 aromatic rings. The van der Waals surface area contributed by atoms with Gasteiger partial charge < -0.3 is 15.0 Å². The Morgan fingerprint density at radius 2 is 1.93 bits per heavy atom. The second kappa shape index (κ2) is 12.1. The Balaban J connectivity index is 0.00000280. The van der Waals surface area contributed by atoms with Crippen LogP contribution in [0.2, 0.25) is 0 Å². The van der Waals surface area contributed by atoms with E-state index in [1.807, 2.05) is 23.1 Å². The van der Waals surface area contributed by atoms with Crippen LogP contribution in [0, 0.1) is 0 Å². The van der Waals surface area contributed by atoms with E-state index in [1.165, 1.54) is 11.1 Å². The van der Waals surface area contributed by atoms with E-state index in [1.54, 1.807) is 0 Å². The van der Waals surface area contributed by atoms with Crippen molar-refractivity contribution < 1.29 is 4.74 Å². The van der Waals surface area contributed by atoms with Crippen LogP contribution in [0.3, 0.4) is 0 Å². The highest BCUT2D eigenvalue weighted by Gasteiger charge is 2.21. The number of aliphatic imine (C=N–C) groups is 1. The number of hydrogen-bond acceptors (Lipinski definition) is 3. The minimum atomic E-state index is 0. The van der Waals surface area contributed by atoms with Crippen LogP contribution >= 0.6 is 24.0 Å². The molecule has 0 aliphatic carbocycles. The Labute approximate surface area is 185 Å². The molecule has 0 radical (unpaired) electrons. The molecule has 0 unspecified atom stereocenters. The Morgan fingerprint density at radius 1 is 1.18 bits per heavy atom. The lowest BCUT2D eigenvalue weighted by Gasteiger charge is -2.34. The number of halogens is 1. The SMILES string of the molecule is CCNC(=NCc1ccccc1Cn1cccn1)N1CCC(OCC)CC1.I. The maximum Gasteiger partial charge on any atom is 0.194 e. The highest BCUT2D eigenvalue weighted by molar-refractivity contribution is 14.0. The van der Waals surface area contributed by atoms with Crippen molar-refractivity contribution in [2.24, 2.45) is 4.99 Å². The van der Waals surface area contributed by atoms with Gasteiger partial charge in [-0.15, -0.1) is 24.0 Å². The third-order valence-corrected chi connectivity index (χ3v) is 4.89. The van der Waals surface area contributed by atoms with Crippen molar-refractivity contribution in [1.29, 1.82) is 0 Å². The molecule has 1 aromatic heterocycles. The fraction of sp³-hybridized carbons (Fsp3) is 0.524. The molecule has 0 amide bonds. The van der Waals surface area contributed by atoms with Crippen molar-refractivity contribution in [1.82, 2.24) is 20.0 Å². The molecule has 1 fully saturated rings. The van der Waals surface area contributed by atoms with Gasteiger partial charge in [-0.05, 0) is 43.9 Å². The zero-order valence-corrected chi connectivity index (χ0v) is 19.2. The second-order valence-corrected chi connectivity index (χ2v) is 6.78. The Kier molecular flexibility index (Phi) is 9.77. The topological polar surface area (TPSA) is 54.7 Å². The van der Waals surface area contributed by atoms with Crippen LogP contribution in [-0.4, -0.2) is 53.0 Å². The molecular weight excluding hydrogens is 465 g/mol. The molecule has 0 bridgehead atoms. The zero-order chi connectivity index (χ0) is 18.9. The van der Waals surface area contributed by atoms with Gasteiger partial charge in [0.15, 0.2) is 5.96 Å². The summed E-state index contributed by atoms with van der Waals surface area (Å²) in [6.07, 6.45) is 6.33. The van der Waals surface area contributed by atoms with Gasteiger partial charge in [0.1, 0.15) is 0 Å². The highest BCUT2D eigenvalue weighted by Crippen LogP contribution is 2.15. The Morgan fingerprint density at radius 3 is 2.57 bits per heavy atom. The molecule has 154 valence electrons. The molecule has 1 saturated heterocycles. The summed E-state index contributed by atoms with van der Waals surface area (Å²) in [7, 11) is 0. The van der Waals surface area contributed by atoms with Crippen molar-refractivity contribution >= 4 is 29.9 Å². The second-order valence-electron chi connectivity index (χ2n) is 6.78. The van der Waals surface area contributed by atoms with Crippen LogP contribution in [0.1, 0.15) is 37.8 Å². The van der Waals surface area contributed by atoms with Crippen molar-refractivity contribution in [2.45, 2.75) is 45.9 Å². The van der Waals surface area contributed by atoms with E-state index in [9.17, 15) is 0 Å². The van der Waals surface area contributed by atoms with Gasteiger partial charge in [-0.3, -0.25) is 4.68 Å². The molecule has 3 rings (SSSR count). The smallest absolute Gasteiger partial charge is 0.194 e. The average Bonchev–Trinajstić information content (AvgIpc) is 3.20. The van der Waals surface area contributed by atoms with Crippen molar-refractivity contribution in [3.05, 3.63) is 53.9 Å². The molecule has 0 spiro atoms. The molecule has 0 saturated carbocycles. The predicted octanol–water partition coefficient (Wildman–Crippen LogP) is 3.52. The Hall–Kier alpha value is -1.61. The van der Waals surface area contributed by atoms with E-state index >= 15 is 0 Å². The lowest BCUT2D eigenvalue weighted by Crippen LogP contribution is -2.47. The number of nitrogens with zero attached hydrogens (tertiary/aromatic N) is 4. The number of rotatable bonds is 7. The van der Waals surface area contributed by atoms with Crippen LogP contribution in [0.15, 0.2) is 47.7 Å². The first kappa shape index (κ1) is 22.7. The van der Waals surface area contributed by atoms with Gasteiger partial charge in [0, 0.05) is 38.6 Å². The summed E-state index contributed by atoms with van der Waals surface area (Å²) in [6, 6.07) is 10.4. The van der Waals surface area contributed by atoms with Crippen molar-refractivity contribution in [2.75, 3.05) is 26.2 Å². The van der Waals surface area contributed by atoms with Gasteiger partial charge in [-0.1, -0.05) is 24.3 Å². The van der Waals surface area contributed by atoms with E-state index < -0.39 is 0 Å². The standard InChI is InChI=1S/C21H31N5O.HI/c1-3-22-21(25-14-10-20(11-15-25)27-4-2)23-16-18-8-5-6-9-19(18)17-26-13-7-12-24-26;/h5-9,12-13,20H,3-4,10-11,14-17H2,1-2H3,(H,22,23);1H. The van der Waals surface area contributed by atoms with Gasteiger partial charge in [0.25, 0.3) is 0 Å². The zero-order valence-electron chi connectivity index (χ0n) is 16.9. The van der Waals surface area contributed by atoms with E-state index in [-0.39, 0.29) is 24.0 Å². The van der Waals surface area contributed by atoms with Crippen LogP contribution in [0.5, 0.6) is 0 Å². The molecule has 6 nitrogen and oxygen atoms in total. The van der Waals surface area contributed by atoms with E-state index in [0.29, 0.717) is 12.6 Å². The minimum absolute atomic E-state index is 0. The maximum atomic E-state index is 5.77. The molecule has 1 aromatic carbocycles. The van der Waals surface area contributed by atoms with Crippen LogP contribution in [-0.2, 0) is 17.8 Å². The van der Waals surface area contributed by atoms with Crippen molar-refractivity contribution in [3.8, 4) is 0 Å². The first-order valence-corrected chi connectivity index (χ1v) is 9.99. The molecule has 2 heterocycles. The molecule has 7 heteroatoms. The van der Waals surface area contributed by atoms with Gasteiger partial charge in [0.05, 0.1) is 19.2 Å². The number of guanidine groups is 1. The summed E-state index contributed by atoms with van der Waals surface area (Å²) in [5.74, 6) is 1.00. The number of hydrogen-bond donors (Lipinski definition) is 1. The van der Waals surface area contributed by atoms with Crippen molar-refractivity contribution in [3.63, 3.8) is 0 Å². The predicted molar refractivity (Wildman–Crippen MR) is 124 cm³/mol. The first-order valence-electron chi connectivity index (χ1n) is 9.99. The number of piperidine rings is 1. The van der Waals surface area contributed by atoms with Gasteiger partial charge in [0.2, 0.25) is 0 Å². The van der Waals surface area contributed by atoms with Crippen LogP contribution in [0.4, 0.5) is 0 Å². The summed E-state index contributed by atoms with van der Waals surface area (Å²) >= 11 is 0. The highest BCUT2D eigenvalue weighted by atomic mass is 127. The fourth-order valence-electron chi connectivity index (χ4n) is 3.49. The number of ether oxygens (including phenoxy) is 1. The summed E-state index contributed by atoms with van der Waals surface area (Å²) in [6.45, 7) is 9.29. The van der Waals surface area contributed by atoms with Gasteiger partial charge in [-0.2, -0.15) is 5.10 Å². The van der Waals surface area contributed by atoms with Gasteiger partial charge in [-0.25, -0.2) is 4.99 Å². The lowest BCUT2D eigenvalue weighted by molar-refractivity contribution is 0.0263. The minimum Gasteiger partial charge on any atom is -0.378 e. The van der Waals surface area contributed by atoms with E-state index in [0.717, 1.165) is 51.6 Å². The first-order chi connectivity index (χ1) is 13.3. The summed E-state index contributed by atoms with van der Waals surface area (Å²) in [5, 5.41) is 7.77. The largest absolute Gasteiger partial charge is 0.378 e. The normalized spacial score (nSPS) is 15.4. The summed E-state index contributed by atoms with van der Waals surface area (Å²) in [4.78, 5) is 7.29. The van der Waals surface area contributed by atoms with Gasteiger partial charge >= 0.3 is 0 Å². The van der Waals surface area contributed by atoms with Crippen LogP contribution in [0.25, 0.3) is 0 Å². The molecule has 1 aliphatic rings. The number of nitrogens with one attached hydrogen (secondary N) is 1. The average molecular weight is 497 g/mol. The molecule has 1 N–H and O–H groups in total. The molecular formula is C21H32IN5O. The maximum absolute atomic E-state index is 5.77. The van der Waals surface area contributed by atoms with E-state index in [2.05, 4.69) is 53.4 Å². The quantitative estimate of drug-likeness (QED) is 0.362. The lowest BCUT2D eigenvalue weighted by atomic mass is 10.1. The third-order valence-electron chi connectivity index (χ3n) is 4.89. The third kappa shape index (κ3) is 6.48. The van der Waals surface area contributed by atoms with E-state index in [4.69, 9.17) is 9.73 Å². The fourth-order valence-corrected chi connectivity index (χ4v) is 3.49. The summed E-state index contributed by atoms with van der Waals surface area (Å²) in [5.41, 5.74) is 2.50. The van der Waals surface area contributed by atoms with Crippen LogP contribution < -0.4 is 5.32 Å².